The molecule has 0 aliphatic rings. The van der Waals surface area contributed by atoms with Crippen LogP contribution in [0, 0.1) is 6.92 Å². The predicted octanol–water partition coefficient (Wildman–Crippen LogP) is 6.19. The number of hydrogen-bond donors (Lipinski definition) is 0. The molecule has 0 spiro atoms. The van der Waals surface area contributed by atoms with Crippen molar-refractivity contribution in [3.8, 4) is 17.1 Å². The van der Waals surface area contributed by atoms with Crippen LogP contribution in [-0.4, -0.2) is 14.8 Å². The van der Waals surface area contributed by atoms with Gasteiger partial charge in [-0.05, 0) is 36.8 Å². The molecule has 134 valence electrons. The highest BCUT2D eigenvalue weighted by Crippen LogP contribution is 2.32. The van der Waals surface area contributed by atoms with Crippen LogP contribution in [0.15, 0.2) is 84.0 Å². The maximum Gasteiger partial charge on any atom is 0.196 e. The lowest BCUT2D eigenvalue weighted by atomic mass is 10.2. The summed E-state index contributed by atoms with van der Waals surface area (Å²) in [7, 11) is 0. The lowest BCUT2D eigenvalue weighted by Crippen LogP contribution is -2.00. The third-order valence-electron chi connectivity index (χ3n) is 4.25. The summed E-state index contributed by atoms with van der Waals surface area (Å²) >= 11 is 8.10. The molecule has 0 bridgehead atoms. The molecule has 0 aliphatic carbocycles. The minimum Gasteiger partial charge on any atom is -0.270 e. The molecule has 3 nitrogen and oxygen atoms in total. The first-order valence-corrected chi connectivity index (χ1v) is 10.0. The minimum atomic E-state index is 0.665. The maximum atomic E-state index is 6.44. The molecule has 0 saturated carbocycles. The number of aromatic nitrogens is 3. The van der Waals surface area contributed by atoms with Crippen molar-refractivity contribution in [1.29, 1.82) is 0 Å². The summed E-state index contributed by atoms with van der Waals surface area (Å²) < 4.78 is 2.08. The van der Waals surface area contributed by atoms with Crippen molar-refractivity contribution in [3.63, 3.8) is 0 Å². The number of nitrogens with zero attached hydrogens (tertiary/aromatic N) is 3. The molecule has 0 fully saturated rings. The van der Waals surface area contributed by atoms with Crippen LogP contribution in [0.25, 0.3) is 17.1 Å². The van der Waals surface area contributed by atoms with Gasteiger partial charge in [0.1, 0.15) is 0 Å². The van der Waals surface area contributed by atoms with Gasteiger partial charge >= 0.3 is 0 Å². The van der Waals surface area contributed by atoms with Gasteiger partial charge in [-0.15, -0.1) is 10.2 Å². The van der Waals surface area contributed by atoms with Gasteiger partial charge in [0.05, 0.1) is 5.02 Å². The van der Waals surface area contributed by atoms with Crippen LogP contribution < -0.4 is 0 Å². The van der Waals surface area contributed by atoms with Gasteiger partial charge in [0.2, 0.25) is 0 Å². The summed E-state index contributed by atoms with van der Waals surface area (Å²) in [6.07, 6.45) is 0. The van der Waals surface area contributed by atoms with Crippen LogP contribution in [-0.2, 0) is 5.75 Å². The van der Waals surface area contributed by atoms with E-state index in [1.807, 2.05) is 30.3 Å². The molecular weight excluding hydrogens is 374 g/mol. The highest BCUT2D eigenvalue weighted by molar-refractivity contribution is 7.98. The Hall–Kier alpha value is -2.56. The summed E-state index contributed by atoms with van der Waals surface area (Å²) in [6, 6.07) is 26.5. The van der Waals surface area contributed by atoms with Gasteiger partial charge in [0.25, 0.3) is 0 Å². The van der Waals surface area contributed by atoms with E-state index in [-0.39, 0.29) is 0 Å². The molecule has 0 atom stereocenters. The van der Waals surface area contributed by atoms with Crippen molar-refractivity contribution in [2.45, 2.75) is 17.8 Å². The molecule has 0 N–H and O–H groups in total. The molecule has 4 aromatic rings. The Morgan fingerprint density at radius 3 is 2.30 bits per heavy atom. The number of hydrogen-bond acceptors (Lipinski definition) is 3. The minimum absolute atomic E-state index is 0.665. The van der Waals surface area contributed by atoms with E-state index >= 15 is 0 Å². The van der Waals surface area contributed by atoms with E-state index in [4.69, 9.17) is 11.6 Å². The van der Waals surface area contributed by atoms with E-state index in [1.54, 1.807) is 11.8 Å². The summed E-state index contributed by atoms with van der Waals surface area (Å²) in [6.45, 7) is 2.08. The summed E-state index contributed by atoms with van der Waals surface area (Å²) in [5, 5.41) is 10.4. The van der Waals surface area contributed by atoms with Gasteiger partial charge in [0, 0.05) is 17.0 Å². The third-order valence-corrected chi connectivity index (χ3v) is 5.58. The first-order valence-electron chi connectivity index (χ1n) is 8.66. The standard InChI is InChI=1S/C22H18ClN3S/c1-16-11-13-18(14-12-16)26-21(19-9-5-6-10-20(19)23)24-25-22(26)27-15-17-7-3-2-4-8-17/h2-14H,15H2,1H3. The predicted molar refractivity (Wildman–Crippen MR) is 113 cm³/mol. The molecule has 1 aromatic heterocycles. The molecule has 0 radical (unpaired) electrons. The topological polar surface area (TPSA) is 30.7 Å². The zero-order chi connectivity index (χ0) is 18.6. The van der Waals surface area contributed by atoms with Crippen LogP contribution in [0.4, 0.5) is 0 Å². The first-order chi connectivity index (χ1) is 13.2. The van der Waals surface area contributed by atoms with Gasteiger partial charge in [-0.25, -0.2) is 0 Å². The largest absolute Gasteiger partial charge is 0.270 e. The molecule has 1 heterocycles. The van der Waals surface area contributed by atoms with Crippen molar-refractivity contribution in [2.24, 2.45) is 0 Å². The molecule has 5 heteroatoms. The van der Waals surface area contributed by atoms with Crippen LogP contribution in [0.1, 0.15) is 11.1 Å². The fraction of sp³-hybridized carbons (Fsp3) is 0.0909. The number of rotatable bonds is 5. The smallest absolute Gasteiger partial charge is 0.196 e. The van der Waals surface area contributed by atoms with Gasteiger partial charge in [-0.3, -0.25) is 4.57 Å². The third kappa shape index (κ3) is 3.92. The van der Waals surface area contributed by atoms with Crippen molar-refractivity contribution in [1.82, 2.24) is 14.8 Å². The molecule has 0 unspecified atom stereocenters. The van der Waals surface area contributed by atoms with Crippen molar-refractivity contribution in [3.05, 3.63) is 95.0 Å². The van der Waals surface area contributed by atoms with Gasteiger partial charge in [0.15, 0.2) is 11.0 Å². The van der Waals surface area contributed by atoms with E-state index in [0.717, 1.165) is 28.0 Å². The summed E-state index contributed by atoms with van der Waals surface area (Å²) in [5.74, 6) is 1.58. The number of halogens is 1. The Kier molecular flexibility index (Phi) is 5.28. The monoisotopic (exact) mass is 391 g/mol. The fourth-order valence-electron chi connectivity index (χ4n) is 2.83. The molecule has 0 aliphatic heterocycles. The Balaban J connectivity index is 1.77. The number of benzene rings is 3. The van der Waals surface area contributed by atoms with Crippen LogP contribution in [0.2, 0.25) is 5.02 Å². The lowest BCUT2D eigenvalue weighted by Gasteiger charge is -2.11. The second-order valence-corrected chi connectivity index (χ2v) is 7.58. The SMILES string of the molecule is Cc1ccc(-n2c(SCc3ccccc3)nnc2-c2ccccc2Cl)cc1. The number of aryl methyl sites for hydroxylation is 1. The van der Waals surface area contributed by atoms with Crippen molar-refractivity contribution in [2.75, 3.05) is 0 Å². The van der Waals surface area contributed by atoms with Crippen molar-refractivity contribution >= 4 is 23.4 Å². The molecule has 0 amide bonds. The number of thioether (sulfide) groups is 1. The Morgan fingerprint density at radius 2 is 1.56 bits per heavy atom. The average Bonchev–Trinajstić information content (AvgIpc) is 3.12. The summed E-state index contributed by atoms with van der Waals surface area (Å²) in [5.41, 5.74) is 4.36. The Bertz CT molecular complexity index is 1040. The van der Waals surface area contributed by atoms with E-state index in [9.17, 15) is 0 Å². The summed E-state index contributed by atoms with van der Waals surface area (Å²) in [4.78, 5) is 0. The molecule has 0 saturated heterocycles. The van der Waals surface area contributed by atoms with Gasteiger partial charge in [-0.1, -0.05) is 83.5 Å². The highest BCUT2D eigenvalue weighted by Gasteiger charge is 2.18. The maximum absolute atomic E-state index is 6.44. The van der Waals surface area contributed by atoms with Crippen molar-refractivity contribution < 1.29 is 0 Å². The Labute approximate surface area is 168 Å². The molecule has 27 heavy (non-hydrogen) atoms. The van der Waals surface area contributed by atoms with E-state index in [0.29, 0.717) is 5.02 Å². The van der Waals surface area contributed by atoms with E-state index < -0.39 is 0 Å². The normalized spacial score (nSPS) is 10.9. The fourth-order valence-corrected chi connectivity index (χ4v) is 3.96. The van der Waals surface area contributed by atoms with Gasteiger partial charge < -0.3 is 0 Å². The highest BCUT2D eigenvalue weighted by atomic mass is 35.5. The Morgan fingerprint density at radius 1 is 0.852 bits per heavy atom. The zero-order valence-corrected chi connectivity index (χ0v) is 16.4. The average molecular weight is 392 g/mol. The molecule has 4 rings (SSSR count). The van der Waals surface area contributed by atoms with Crippen LogP contribution >= 0.6 is 23.4 Å². The zero-order valence-electron chi connectivity index (χ0n) is 14.8. The van der Waals surface area contributed by atoms with Gasteiger partial charge in [-0.2, -0.15) is 0 Å². The van der Waals surface area contributed by atoms with E-state index in [2.05, 4.69) is 70.2 Å². The first kappa shape index (κ1) is 17.8. The second kappa shape index (κ2) is 7.99. The second-order valence-electron chi connectivity index (χ2n) is 6.23. The van der Waals surface area contributed by atoms with E-state index in [1.165, 1.54) is 11.1 Å². The lowest BCUT2D eigenvalue weighted by molar-refractivity contribution is 0.885. The molecule has 3 aromatic carbocycles. The van der Waals surface area contributed by atoms with Crippen LogP contribution in [0.5, 0.6) is 0 Å². The quantitative estimate of drug-likeness (QED) is 0.380. The molecular formula is C22H18ClN3S. The van der Waals surface area contributed by atoms with Crippen LogP contribution in [0.3, 0.4) is 0 Å².